The molecule has 0 radical (unpaired) electrons. The van der Waals surface area contributed by atoms with Crippen molar-refractivity contribution in [3.8, 4) is 34.6 Å². The number of nitriles is 1. The summed E-state index contributed by atoms with van der Waals surface area (Å²) >= 11 is 1.25. The third-order valence-corrected chi connectivity index (χ3v) is 7.60. The maximum absolute atomic E-state index is 14.0. The van der Waals surface area contributed by atoms with Crippen molar-refractivity contribution >= 4 is 17.4 Å². The molecule has 1 unspecified atom stereocenters. The lowest BCUT2D eigenvalue weighted by atomic mass is 10.0. The second-order valence-corrected chi connectivity index (χ2v) is 11.0. The van der Waals surface area contributed by atoms with Crippen LogP contribution in [0.15, 0.2) is 83.4 Å². The fraction of sp³-hybridized carbons (Fsp3) is 0.194. The highest BCUT2D eigenvalue weighted by molar-refractivity contribution is 7.07. The first-order valence-electron chi connectivity index (χ1n) is 13.5. The number of nitrogens with zero attached hydrogens (tertiary/aromatic N) is 6. The summed E-state index contributed by atoms with van der Waals surface area (Å²) in [4.78, 5) is 21.8. The van der Waals surface area contributed by atoms with Crippen LogP contribution in [0.25, 0.3) is 22.8 Å². The van der Waals surface area contributed by atoms with Gasteiger partial charge < -0.3 is 10.1 Å². The molecule has 1 N–H and O–H groups in total. The van der Waals surface area contributed by atoms with Crippen molar-refractivity contribution in [3.63, 3.8) is 0 Å². The molecule has 0 saturated heterocycles. The number of benzene rings is 3. The number of carbonyl (C=O) groups is 1. The van der Waals surface area contributed by atoms with Crippen molar-refractivity contribution in [2.24, 2.45) is 4.99 Å². The molecule has 2 amide bonds. The van der Waals surface area contributed by atoms with Crippen LogP contribution in [-0.4, -0.2) is 31.7 Å². The van der Waals surface area contributed by atoms with E-state index in [1.807, 2.05) is 26.2 Å². The Balaban J connectivity index is 1.31. The summed E-state index contributed by atoms with van der Waals surface area (Å²) in [6.45, 7) is 5.77. The summed E-state index contributed by atoms with van der Waals surface area (Å²) in [6.07, 6.45) is -3.37. The van der Waals surface area contributed by atoms with Gasteiger partial charge in [-0.1, -0.05) is 38.1 Å². The number of carbonyl (C=O) groups excluding carboxylic acids is 1. The number of ether oxygens (including phenoxy) is 1. The Hall–Kier alpha value is -5.29. The van der Waals surface area contributed by atoms with E-state index in [0.717, 1.165) is 11.3 Å². The third kappa shape index (κ3) is 7.27. The fourth-order valence-corrected chi connectivity index (χ4v) is 5.40. The summed E-state index contributed by atoms with van der Waals surface area (Å²) in [5.41, 5.74) is 3.88. The van der Waals surface area contributed by atoms with Crippen LogP contribution in [0.3, 0.4) is 0 Å². The smallest absolute Gasteiger partial charge is 0.406 e. The van der Waals surface area contributed by atoms with Gasteiger partial charge in [-0.2, -0.15) is 10.3 Å². The Labute approximate surface area is 258 Å². The molecule has 0 aliphatic carbocycles. The minimum Gasteiger partial charge on any atom is -0.406 e. The standard InChI is InChI=1S/C31H25F4N7O2S/c1-18(2)25-14-22(32)8-13-27(25)42-19(3)16-45-30(42)39-29(43)38-26(15-36)20-4-6-21(7-5-20)28-37-17-41(40-28)23-9-11-24(12-10-23)44-31(33,34)35/h4-14,16-18,26H,1-3H3,(H,38,43)/b39-30-. The third-order valence-electron chi connectivity index (χ3n) is 6.65. The molecule has 0 aliphatic rings. The van der Waals surface area contributed by atoms with E-state index in [1.165, 1.54) is 58.7 Å². The molecular weight excluding hydrogens is 610 g/mol. The van der Waals surface area contributed by atoms with Crippen LogP contribution >= 0.6 is 11.3 Å². The number of alkyl halides is 3. The summed E-state index contributed by atoms with van der Waals surface area (Å²) in [5, 5.41) is 18.6. The predicted octanol–water partition coefficient (Wildman–Crippen LogP) is 7.13. The molecule has 2 aromatic heterocycles. The summed E-state index contributed by atoms with van der Waals surface area (Å²) < 4.78 is 58.3. The van der Waals surface area contributed by atoms with E-state index >= 15 is 0 Å². The number of thiazole rings is 1. The van der Waals surface area contributed by atoms with Crippen LogP contribution in [-0.2, 0) is 0 Å². The zero-order valence-electron chi connectivity index (χ0n) is 24.1. The number of rotatable bonds is 7. The molecule has 0 saturated carbocycles. The second kappa shape index (κ2) is 12.7. The SMILES string of the molecule is Cc1cs/c(=N\C(=O)NC(C#N)c2ccc(-c3ncn(-c4ccc(OC(F)(F)F)cc4)n3)cc2)n1-c1ccc(F)cc1C(C)C. The molecule has 3 aromatic carbocycles. The summed E-state index contributed by atoms with van der Waals surface area (Å²) in [6, 6.07) is 16.7. The summed E-state index contributed by atoms with van der Waals surface area (Å²) in [5.74, 6) is -0.351. The highest BCUT2D eigenvalue weighted by Gasteiger charge is 2.31. The maximum atomic E-state index is 14.0. The van der Waals surface area contributed by atoms with Crippen molar-refractivity contribution in [2.45, 2.75) is 39.1 Å². The molecule has 0 fully saturated rings. The fourth-order valence-electron chi connectivity index (χ4n) is 4.53. The number of nitrogens with one attached hydrogen (secondary N) is 1. The van der Waals surface area contributed by atoms with E-state index in [1.54, 1.807) is 34.9 Å². The van der Waals surface area contributed by atoms with Crippen molar-refractivity contribution in [2.75, 3.05) is 0 Å². The Bertz CT molecular complexity index is 1940. The first-order chi connectivity index (χ1) is 21.4. The number of halogens is 4. The van der Waals surface area contributed by atoms with Gasteiger partial charge in [0.2, 0.25) is 0 Å². The lowest BCUT2D eigenvalue weighted by Crippen LogP contribution is -2.28. The van der Waals surface area contributed by atoms with Crippen molar-refractivity contribution in [1.82, 2.24) is 24.6 Å². The Kier molecular flexibility index (Phi) is 8.82. The van der Waals surface area contributed by atoms with E-state index < -0.39 is 18.4 Å². The topological polar surface area (TPSA) is 110 Å². The van der Waals surface area contributed by atoms with Gasteiger partial charge in [0.15, 0.2) is 10.6 Å². The van der Waals surface area contributed by atoms with E-state index in [-0.39, 0.29) is 17.5 Å². The second-order valence-electron chi connectivity index (χ2n) is 10.2. The minimum absolute atomic E-state index is 0.0207. The largest absolute Gasteiger partial charge is 0.573 e. The zero-order valence-corrected chi connectivity index (χ0v) is 24.9. The van der Waals surface area contributed by atoms with Crippen LogP contribution in [0.1, 0.15) is 42.6 Å². The van der Waals surface area contributed by atoms with Crippen LogP contribution in [0.2, 0.25) is 0 Å². The van der Waals surface area contributed by atoms with E-state index in [4.69, 9.17) is 0 Å². The molecule has 0 bridgehead atoms. The number of hydrogen-bond donors (Lipinski definition) is 1. The molecule has 9 nitrogen and oxygen atoms in total. The van der Waals surface area contributed by atoms with Crippen LogP contribution in [0, 0.1) is 24.1 Å². The molecule has 2 heterocycles. The van der Waals surface area contributed by atoms with Gasteiger partial charge in [0.25, 0.3) is 0 Å². The van der Waals surface area contributed by atoms with Gasteiger partial charge in [-0.05, 0) is 66.4 Å². The van der Waals surface area contributed by atoms with E-state index in [9.17, 15) is 27.6 Å². The van der Waals surface area contributed by atoms with Crippen LogP contribution in [0.5, 0.6) is 5.75 Å². The van der Waals surface area contributed by atoms with Gasteiger partial charge >= 0.3 is 12.4 Å². The van der Waals surface area contributed by atoms with Crippen molar-refractivity contribution < 1.29 is 27.1 Å². The molecule has 5 aromatic rings. The zero-order chi connectivity index (χ0) is 32.3. The van der Waals surface area contributed by atoms with E-state index in [2.05, 4.69) is 31.2 Å². The molecule has 5 rings (SSSR count). The quantitative estimate of drug-likeness (QED) is 0.191. The molecule has 0 spiro atoms. The molecule has 45 heavy (non-hydrogen) atoms. The Morgan fingerprint density at radius 1 is 1.09 bits per heavy atom. The van der Waals surface area contributed by atoms with Crippen molar-refractivity contribution in [1.29, 1.82) is 5.26 Å². The van der Waals surface area contributed by atoms with E-state index in [0.29, 0.717) is 33.1 Å². The lowest BCUT2D eigenvalue weighted by molar-refractivity contribution is -0.274. The Morgan fingerprint density at radius 3 is 2.44 bits per heavy atom. The van der Waals surface area contributed by atoms with Gasteiger partial charge in [-0.3, -0.25) is 4.57 Å². The number of aromatic nitrogens is 4. The monoisotopic (exact) mass is 635 g/mol. The minimum atomic E-state index is -4.79. The van der Waals surface area contributed by atoms with Gasteiger partial charge in [0.1, 0.15) is 23.9 Å². The number of hydrogen-bond acceptors (Lipinski definition) is 6. The number of urea groups is 1. The lowest BCUT2D eigenvalue weighted by Gasteiger charge is -2.15. The molecule has 14 heteroatoms. The average Bonchev–Trinajstić information content (AvgIpc) is 3.63. The van der Waals surface area contributed by atoms with Gasteiger partial charge in [0, 0.05) is 16.6 Å². The normalized spacial score (nSPS) is 12.6. The summed E-state index contributed by atoms with van der Waals surface area (Å²) in [7, 11) is 0. The predicted molar refractivity (Wildman–Crippen MR) is 158 cm³/mol. The molecular formula is C31H25F4N7O2S. The molecule has 230 valence electrons. The highest BCUT2D eigenvalue weighted by Crippen LogP contribution is 2.26. The first kappa shape index (κ1) is 31.1. The molecule has 1 atom stereocenters. The van der Waals surface area contributed by atoms with Crippen molar-refractivity contribution in [3.05, 3.63) is 106 Å². The highest BCUT2D eigenvalue weighted by atomic mass is 32.1. The van der Waals surface area contributed by atoms with Gasteiger partial charge in [0.05, 0.1) is 17.4 Å². The Morgan fingerprint density at radius 2 is 1.80 bits per heavy atom. The van der Waals surface area contributed by atoms with Gasteiger partial charge in [-0.15, -0.1) is 29.6 Å². The number of amides is 2. The van der Waals surface area contributed by atoms with Crippen LogP contribution < -0.4 is 14.9 Å². The van der Waals surface area contributed by atoms with Crippen LogP contribution in [0.4, 0.5) is 22.4 Å². The van der Waals surface area contributed by atoms with Gasteiger partial charge in [-0.25, -0.2) is 18.9 Å². The molecule has 0 aliphatic heterocycles. The maximum Gasteiger partial charge on any atom is 0.573 e. The average molecular weight is 636 g/mol. The first-order valence-corrected chi connectivity index (χ1v) is 14.4. The number of aryl methyl sites for hydroxylation is 1.